The Morgan fingerprint density at radius 1 is 1.21 bits per heavy atom. The first kappa shape index (κ1) is 11.1. The maximum absolute atomic E-state index is 12.8. The van der Waals surface area contributed by atoms with Gasteiger partial charge in [-0.2, -0.15) is 0 Å². The summed E-state index contributed by atoms with van der Waals surface area (Å²) >= 11 is 0. The van der Waals surface area contributed by atoms with Crippen molar-refractivity contribution < 1.29 is 8.78 Å². The van der Waals surface area contributed by atoms with Crippen LogP contribution in [0.4, 0.5) is 8.78 Å². The van der Waals surface area contributed by atoms with Crippen molar-refractivity contribution in [3.63, 3.8) is 0 Å². The van der Waals surface area contributed by atoms with Gasteiger partial charge in [-0.05, 0) is 43.0 Å². The topological polar surface area (TPSA) is 26.0 Å². The van der Waals surface area contributed by atoms with Crippen molar-refractivity contribution in [1.29, 1.82) is 0 Å². The zero-order valence-corrected chi connectivity index (χ0v) is 8.26. The summed E-state index contributed by atoms with van der Waals surface area (Å²) in [7, 11) is 0. The average molecular weight is 199 g/mol. The van der Waals surface area contributed by atoms with Crippen LogP contribution in [0.5, 0.6) is 0 Å². The zero-order valence-electron chi connectivity index (χ0n) is 8.26. The summed E-state index contributed by atoms with van der Waals surface area (Å²) in [5.41, 5.74) is 6.09. The lowest BCUT2D eigenvalue weighted by atomic mass is 9.98. The van der Waals surface area contributed by atoms with E-state index < -0.39 is 11.6 Å². The lowest BCUT2D eigenvalue weighted by Gasteiger charge is -2.09. The lowest BCUT2D eigenvalue weighted by molar-refractivity contribution is 0.528. The maximum Gasteiger partial charge on any atom is 0.126 e. The van der Waals surface area contributed by atoms with E-state index in [1.165, 1.54) is 12.1 Å². The fourth-order valence-electron chi connectivity index (χ4n) is 1.52. The van der Waals surface area contributed by atoms with Gasteiger partial charge in [0.1, 0.15) is 11.6 Å². The molecule has 3 heteroatoms. The smallest absolute Gasteiger partial charge is 0.126 e. The maximum atomic E-state index is 12.8. The molecule has 1 atom stereocenters. The predicted octanol–water partition coefficient (Wildman–Crippen LogP) is 2.49. The molecule has 1 rings (SSSR count). The fraction of sp³-hybridized carbons (Fsp3) is 0.455. The first-order chi connectivity index (χ1) is 6.61. The van der Waals surface area contributed by atoms with Crippen molar-refractivity contribution in [3.05, 3.63) is 35.4 Å². The van der Waals surface area contributed by atoms with Gasteiger partial charge in [0.15, 0.2) is 0 Å². The Labute approximate surface area is 82.9 Å². The first-order valence-electron chi connectivity index (χ1n) is 4.77. The molecule has 0 aliphatic heterocycles. The molecule has 1 nitrogen and oxygen atoms in total. The molecule has 0 spiro atoms. The van der Waals surface area contributed by atoms with Gasteiger partial charge in [-0.3, -0.25) is 0 Å². The number of benzene rings is 1. The number of hydrogen-bond donors (Lipinski definition) is 1. The minimum absolute atomic E-state index is 0.362. The van der Waals surface area contributed by atoms with Gasteiger partial charge < -0.3 is 5.73 Å². The molecule has 0 heterocycles. The second-order valence-electron chi connectivity index (χ2n) is 3.66. The van der Waals surface area contributed by atoms with Crippen LogP contribution in [-0.2, 0) is 6.42 Å². The monoisotopic (exact) mass is 199 g/mol. The van der Waals surface area contributed by atoms with Crippen LogP contribution < -0.4 is 5.73 Å². The van der Waals surface area contributed by atoms with Crippen molar-refractivity contribution in [3.8, 4) is 0 Å². The average Bonchev–Trinajstić information content (AvgIpc) is 2.01. The number of nitrogens with two attached hydrogens (primary N) is 1. The minimum Gasteiger partial charge on any atom is -0.330 e. The SMILES string of the molecule is CC(CCN)Cc1cc(F)cc(F)c1. The van der Waals surface area contributed by atoms with Crippen LogP contribution in [0, 0.1) is 17.6 Å². The Bertz CT molecular complexity index is 279. The molecule has 78 valence electrons. The molecule has 0 aliphatic carbocycles. The third-order valence-corrected chi connectivity index (χ3v) is 2.17. The summed E-state index contributed by atoms with van der Waals surface area (Å²) in [6, 6.07) is 3.63. The molecule has 1 aromatic rings. The molecule has 0 fully saturated rings. The van der Waals surface area contributed by atoms with E-state index in [1.54, 1.807) is 0 Å². The van der Waals surface area contributed by atoms with Gasteiger partial charge in [-0.1, -0.05) is 6.92 Å². The summed E-state index contributed by atoms with van der Waals surface area (Å²) in [6.45, 7) is 2.63. The molecule has 14 heavy (non-hydrogen) atoms. The van der Waals surface area contributed by atoms with Crippen molar-refractivity contribution in [2.24, 2.45) is 11.7 Å². The summed E-state index contributed by atoms with van der Waals surface area (Å²) in [4.78, 5) is 0. The second-order valence-corrected chi connectivity index (χ2v) is 3.66. The van der Waals surface area contributed by atoms with Gasteiger partial charge in [0.05, 0.1) is 0 Å². The zero-order chi connectivity index (χ0) is 10.6. The Morgan fingerprint density at radius 2 is 1.79 bits per heavy atom. The van der Waals surface area contributed by atoms with Gasteiger partial charge in [-0.25, -0.2) is 8.78 Å². The largest absolute Gasteiger partial charge is 0.330 e. The highest BCUT2D eigenvalue weighted by molar-refractivity contribution is 5.18. The molecule has 0 aromatic heterocycles. The standard InChI is InChI=1S/C11H15F2N/c1-8(2-3-14)4-9-5-10(12)7-11(13)6-9/h5-8H,2-4,14H2,1H3. The lowest BCUT2D eigenvalue weighted by Crippen LogP contribution is -2.08. The van der Waals surface area contributed by atoms with Crippen LogP contribution in [0.25, 0.3) is 0 Å². The van der Waals surface area contributed by atoms with Crippen LogP contribution >= 0.6 is 0 Å². The van der Waals surface area contributed by atoms with E-state index in [9.17, 15) is 8.78 Å². The summed E-state index contributed by atoms with van der Waals surface area (Å²) in [6.07, 6.45) is 1.55. The summed E-state index contributed by atoms with van der Waals surface area (Å²) < 4.78 is 25.6. The quantitative estimate of drug-likeness (QED) is 0.792. The van der Waals surface area contributed by atoms with Gasteiger partial charge in [0, 0.05) is 6.07 Å². The minimum atomic E-state index is -0.514. The molecule has 0 radical (unpaired) electrons. The van der Waals surface area contributed by atoms with E-state index in [0.29, 0.717) is 24.4 Å². The van der Waals surface area contributed by atoms with Crippen molar-refractivity contribution >= 4 is 0 Å². The Hall–Kier alpha value is -0.960. The van der Waals surface area contributed by atoms with Crippen molar-refractivity contribution in [2.75, 3.05) is 6.54 Å². The van der Waals surface area contributed by atoms with Crippen LogP contribution in [0.2, 0.25) is 0 Å². The summed E-state index contributed by atoms with van der Waals surface area (Å²) in [5, 5.41) is 0. The van der Waals surface area contributed by atoms with E-state index in [4.69, 9.17) is 5.73 Å². The molecule has 0 saturated heterocycles. The highest BCUT2D eigenvalue weighted by atomic mass is 19.1. The molecular weight excluding hydrogens is 184 g/mol. The fourth-order valence-corrected chi connectivity index (χ4v) is 1.52. The normalized spacial score (nSPS) is 12.9. The van der Waals surface area contributed by atoms with Crippen LogP contribution in [0.1, 0.15) is 18.9 Å². The Kier molecular flexibility index (Phi) is 4.01. The highest BCUT2D eigenvalue weighted by Gasteiger charge is 2.05. The molecular formula is C11H15F2N. The summed E-state index contributed by atoms with van der Waals surface area (Å²) in [5.74, 6) is -0.666. The molecule has 0 aliphatic rings. The third-order valence-electron chi connectivity index (χ3n) is 2.17. The van der Waals surface area contributed by atoms with Crippen molar-refractivity contribution in [2.45, 2.75) is 19.8 Å². The Morgan fingerprint density at radius 3 is 2.29 bits per heavy atom. The van der Waals surface area contributed by atoms with E-state index in [2.05, 4.69) is 0 Å². The van der Waals surface area contributed by atoms with E-state index in [0.717, 1.165) is 12.5 Å². The van der Waals surface area contributed by atoms with E-state index in [-0.39, 0.29) is 0 Å². The Balaban J connectivity index is 2.66. The molecule has 0 bridgehead atoms. The van der Waals surface area contributed by atoms with Crippen molar-refractivity contribution in [1.82, 2.24) is 0 Å². The molecule has 0 amide bonds. The van der Waals surface area contributed by atoms with Crippen LogP contribution in [-0.4, -0.2) is 6.54 Å². The number of hydrogen-bond acceptors (Lipinski definition) is 1. The van der Waals surface area contributed by atoms with Crippen LogP contribution in [0.3, 0.4) is 0 Å². The van der Waals surface area contributed by atoms with Crippen LogP contribution in [0.15, 0.2) is 18.2 Å². The van der Waals surface area contributed by atoms with Gasteiger partial charge in [0.2, 0.25) is 0 Å². The van der Waals surface area contributed by atoms with E-state index >= 15 is 0 Å². The predicted molar refractivity (Wildman–Crippen MR) is 52.9 cm³/mol. The second kappa shape index (κ2) is 5.05. The third kappa shape index (κ3) is 3.42. The van der Waals surface area contributed by atoms with Gasteiger partial charge >= 0.3 is 0 Å². The van der Waals surface area contributed by atoms with Gasteiger partial charge in [0.25, 0.3) is 0 Å². The number of rotatable bonds is 4. The molecule has 2 N–H and O–H groups in total. The number of halogens is 2. The highest BCUT2D eigenvalue weighted by Crippen LogP contribution is 2.14. The molecule has 0 saturated carbocycles. The van der Waals surface area contributed by atoms with Gasteiger partial charge in [-0.15, -0.1) is 0 Å². The molecule has 1 aromatic carbocycles. The van der Waals surface area contributed by atoms with E-state index in [1.807, 2.05) is 6.92 Å². The molecule has 1 unspecified atom stereocenters. The first-order valence-corrected chi connectivity index (χ1v) is 4.77.